The molecule has 0 fully saturated rings. The molecule has 0 aliphatic rings. The van der Waals surface area contributed by atoms with Crippen molar-refractivity contribution in [3.05, 3.63) is 224 Å². The third-order valence-corrected chi connectivity index (χ3v) is 14.4. The fourth-order valence-corrected chi connectivity index (χ4v) is 12.0. The van der Waals surface area contributed by atoms with Crippen LogP contribution in [0.4, 0.5) is 17.1 Å². The standard InChI is InChI=1S/C48H37NSi/c1-6-16-38(17-7-1)40-28-34-47(35-29-40)50(45-22-12-4-13-23-45,46-24-14-5-15-25-46)48-36-30-41(31-37-48)39-26-32-44(33-27-39)49(42-18-8-2-9-19-42)43-20-10-3-11-21-43/h1-37H. The maximum atomic E-state index is 2.38. The lowest BCUT2D eigenvalue weighted by Crippen LogP contribution is -2.74. The lowest BCUT2D eigenvalue weighted by Gasteiger charge is -2.34. The van der Waals surface area contributed by atoms with E-state index in [9.17, 15) is 0 Å². The quantitative estimate of drug-likeness (QED) is 0.111. The van der Waals surface area contributed by atoms with Crippen LogP contribution >= 0.6 is 0 Å². The molecule has 238 valence electrons. The van der Waals surface area contributed by atoms with Crippen molar-refractivity contribution in [3.63, 3.8) is 0 Å². The maximum Gasteiger partial charge on any atom is 0.179 e. The summed E-state index contributed by atoms with van der Waals surface area (Å²) in [6.45, 7) is 0. The summed E-state index contributed by atoms with van der Waals surface area (Å²) in [5.74, 6) is 0. The first kappa shape index (κ1) is 31.1. The summed E-state index contributed by atoms with van der Waals surface area (Å²) < 4.78 is 0. The van der Waals surface area contributed by atoms with Crippen LogP contribution in [0.5, 0.6) is 0 Å². The van der Waals surface area contributed by atoms with E-state index in [2.05, 4.69) is 229 Å². The lowest BCUT2D eigenvalue weighted by molar-refractivity contribution is 1.28. The first-order chi connectivity index (χ1) is 24.8. The van der Waals surface area contributed by atoms with E-state index in [1.54, 1.807) is 0 Å². The molecule has 1 nitrogen and oxygen atoms in total. The minimum Gasteiger partial charge on any atom is -0.311 e. The van der Waals surface area contributed by atoms with Crippen LogP contribution in [-0.2, 0) is 0 Å². The minimum atomic E-state index is -2.65. The fourth-order valence-electron chi connectivity index (χ4n) is 7.24. The van der Waals surface area contributed by atoms with Crippen LogP contribution in [0.1, 0.15) is 0 Å². The zero-order valence-electron chi connectivity index (χ0n) is 27.8. The van der Waals surface area contributed by atoms with Gasteiger partial charge in [0.05, 0.1) is 0 Å². The van der Waals surface area contributed by atoms with Crippen LogP contribution in [0.15, 0.2) is 224 Å². The zero-order valence-corrected chi connectivity index (χ0v) is 28.8. The van der Waals surface area contributed by atoms with E-state index in [0.29, 0.717) is 0 Å². The fraction of sp³-hybridized carbons (Fsp3) is 0. The second-order valence-corrected chi connectivity index (χ2v) is 16.4. The second-order valence-electron chi connectivity index (χ2n) is 12.6. The van der Waals surface area contributed by atoms with Gasteiger partial charge in [-0.3, -0.25) is 0 Å². The molecule has 0 aliphatic carbocycles. The molecule has 0 saturated carbocycles. The number of para-hydroxylation sites is 2. The SMILES string of the molecule is c1ccc(-c2ccc([Si](c3ccccc3)(c3ccccc3)c3ccc(-c4ccc(N(c5ccccc5)c5ccccc5)cc4)cc3)cc2)cc1. The smallest absolute Gasteiger partial charge is 0.179 e. The molecule has 0 bridgehead atoms. The Hall–Kier alpha value is -6.22. The van der Waals surface area contributed by atoms with Crippen LogP contribution < -0.4 is 25.6 Å². The van der Waals surface area contributed by atoms with Gasteiger partial charge in [0.1, 0.15) is 0 Å². The van der Waals surface area contributed by atoms with Crippen LogP contribution in [0.2, 0.25) is 0 Å². The predicted octanol–water partition coefficient (Wildman–Crippen LogP) is 9.87. The van der Waals surface area contributed by atoms with Crippen LogP contribution in [0.25, 0.3) is 22.3 Å². The third-order valence-electron chi connectivity index (χ3n) is 9.64. The van der Waals surface area contributed by atoms with E-state index < -0.39 is 8.07 Å². The molecule has 0 aromatic heterocycles. The number of hydrogen-bond donors (Lipinski definition) is 0. The van der Waals surface area contributed by atoms with E-state index in [1.165, 1.54) is 43.0 Å². The number of anilines is 3. The molecule has 2 heteroatoms. The summed E-state index contributed by atoms with van der Waals surface area (Å²) in [6.07, 6.45) is 0. The Morgan fingerprint density at radius 2 is 0.480 bits per heavy atom. The van der Waals surface area contributed by atoms with Gasteiger partial charge < -0.3 is 4.90 Å². The van der Waals surface area contributed by atoms with Gasteiger partial charge in [0.15, 0.2) is 8.07 Å². The van der Waals surface area contributed by atoms with E-state index in [-0.39, 0.29) is 0 Å². The number of nitrogens with zero attached hydrogens (tertiary/aromatic N) is 1. The van der Waals surface area contributed by atoms with E-state index in [0.717, 1.165) is 17.1 Å². The number of benzene rings is 8. The van der Waals surface area contributed by atoms with Crippen molar-refractivity contribution in [2.45, 2.75) is 0 Å². The highest BCUT2D eigenvalue weighted by Gasteiger charge is 2.41. The Morgan fingerprint density at radius 3 is 0.860 bits per heavy atom. The van der Waals surface area contributed by atoms with Crippen molar-refractivity contribution in [1.29, 1.82) is 0 Å². The summed E-state index contributed by atoms with van der Waals surface area (Å²) in [6, 6.07) is 81.6. The molecule has 8 rings (SSSR count). The summed E-state index contributed by atoms with van der Waals surface area (Å²) in [5, 5.41) is 5.48. The highest BCUT2D eigenvalue weighted by atomic mass is 28.3. The average Bonchev–Trinajstić information content (AvgIpc) is 3.21. The third kappa shape index (κ3) is 5.98. The Balaban J connectivity index is 1.20. The summed E-state index contributed by atoms with van der Waals surface area (Å²) in [7, 11) is -2.65. The van der Waals surface area contributed by atoms with Gasteiger partial charge in [0, 0.05) is 17.1 Å². The molecule has 0 N–H and O–H groups in total. The van der Waals surface area contributed by atoms with Gasteiger partial charge in [-0.25, -0.2) is 0 Å². The highest BCUT2D eigenvalue weighted by Crippen LogP contribution is 2.35. The van der Waals surface area contributed by atoms with Crippen molar-refractivity contribution in [2.75, 3.05) is 4.90 Å². The van der Waals surface area contributed by atoms with Crippen molar-refractivity contribution < 1.29 is 0 Å². The van der Waals surface area contributed by atoms with E-state index in [1.807, 2.05) is 0 Å². The van der Waals surface area contributed by atoms with Crippen LogP contribution in [0, 0.1) is 0 Å². The van der Waals surface area contributed by atoms with Crippen LogP contribution in [0.3, 0.4) is 0 Å². The molecule has 8 aromatic carbocycles. The molecule has 0 amide bonds. The Bertz CT molecular complexity index is 2170. The number of rotatable bonds is 9. The van der Waals surface area contributed by atoms with Crippen molar-refractivity contribution >= 4 is 45.9 Å². The summed E-state index contributed by atoms with van der Waals surface area (Å²) >= 11 is 0. The van der Waals surface area contributed by atoms with Gasteiger partial charge in [-0.15, -0.1) is 0 Å². The zero-order chi connectivity index (χ0) is 33.6. The molecule has 0 saturated heterocycles. The van der Waals surface area contributed by atoms with E-state index in [4.69, 9.17) is 0 Å². The molecular weight excluding hydrogens is 619 g/mol. The first-order valence-corrected chi connectivity index (χ1v) is 19.2. The molecule has 0 heterocycles. The number of hydrogen-bond acceptors (Lipinski definition) is 1. The maximum absolute atomic E-state index is 2.65. The Morgan fingerprint density at radius 1 is 0.220 bits per heavy atom. The molecule has 0 aliphatic heterocycles. The van der Waals surface area contributed by atoms with Gasteiger partial charge in [-0.2, -0.15) is 0 Å². The second kappa shape index (κ2) is 14.1. The van der Waals surface area contributed by atoms with Gasteiger partial charge in [0.25, 0.3) is 0 Å². The minimum absolute atomic E-state index is 1.13. The van der Waals surface area contributed by atoms with E-state index >= 15 is 0 Å². The lowest BCUT2D eigenvalue weighted by atomic mass is 10.0. The van der Waals surface area contributed by atoms with Crippen LogP contribution in [-0.4, -0.2) is 8.07 Å². The summed E-state index contributed by atoms with van der Waals surface area (Å²) in [5.41, 5.74) is 8.26. The van der Waals surface area contributed by atoms with Crippen molar-refractivity contribution in [3.8, 4) is 22.3 Å². The molecule has 0 spiro atoms. The van der Waals surface area contributed by atoms with Crippen molar-refractivity contribution in [1.82, 2.24) is 0 Å². The Kier molecular flexibility index (Phi) is 8.76. The Labute approximate surface area is 296 Å². The normalized spacial score (nSPS) is 11.2. The largest absolute Gasteiger partial charge is 0.311 e. The molecule has 0 radical (unpaired) electrons. The molecule has 0 atom stereocenters. The molecule has 0 unspecified atom stereocenters. The molecular formula is C48H37NSi. The molecule has 50 heavy (non-hydrogen) atoms. The first-order valence-electron chi connectivity index (χ1n) is 17.2. The van der Waals surface area contributed by atoms with Gasteiger partial charge in [0.2, 0.25) is 0 Å². The monoisotopic (exact) mass is 655 g/mol. The van der Waals surface area contributed by atoms with Gasteiger partial charge in [-0.05, 0) is 79.4 Å². The summed E-state index contributed by atoms with van der Waals surface area (Å²) in [4.78, 5) is 2.30. The van der Waals surface area contributed by atoms with Gasteiger partial charge >= 0.3 is 0 Å². The highest BCUT2D eigenvalue weighted by molar-refractivity contribution is 7.19. The average molecular weight is 656 g/mol. The van der Waals surface area contributed by atoms with Crippen molar-refractivity contribution in [2.24, 2.45) is 0 Å². The van der Waals surface area contributed by atoms with Gasteiger partial charge in [-0.1, -0.05) is 188 Å². The predicted molar refractivity (Wildman–Crippen MR) is 216 cm³/mol. The topological polar surface area (TPSA) is 3.24 Å². The molecule has 8 aromatic rings.